The van der Waals surface area contributed by atoms with Crippen LogP contribution < -0.4 is 10.3 Å². The number of hydrogen-bond acceptors (Lipinski definition) is 3. The molecule has 140 valence electrons. The van der Waals surface area contributed by atoms with Gasteiger partial charge < -0.3 is 9.30 Å². The number of pyridine rings is 1. The average Bonchev–Trinajstić information content (AvgIpc) is 3.41. The fourth-order valence-electron chi connectivity index (χ4n) is 2.62. The molecule has 1 fully saturated rings. The lowest BCUT2D eigenvalue weighted by molar-refractivity contribution is -0.129. The Bertz CT molecular complexity index is 967. The minimum absolute atomic E-state index is 0.0887. The van der Waals surface area contributed by atoms with E-state index in [1.54, 1.807) is 24.5 Å². The van der Waals surface area contributed by atoms with Crippen LogP contribution in [0, 0.1) is 24.7 Å². The number of ketones is 1. The van der Waals surface area contributed by atoms with Gasteiger partial charge in [0.2, 0.25) is 0 Å². The lowest BCUT2D eigenvalue weighted by Gasteiger charge is -2.24. The zero-order valence-electron chi connectivity index (χ0n) is 16.3. The molecule has 0 bridgehead atoms. The van der Waals surface area contributed by atoms with E-state index in [0.29, 0.717) is 18.2 Å². The highest BCUT2D eigenvalue weighted by Crippen LogP contribution is 2.27. The molecule has 1 aliphatic rings. The Hall–Kier alpha value is -2.80. The maximum Gasteiger partial charge on any atom is 0.254 e. The molecule has 0 saturated heterocycles. The van der Waals surface area contributed by atoms with E-state index in [0.717, 1.165) is 16.8 Å². The first kappa shape index (κ1) is 19.0. The monoisotopic (exact) mass is 363 g/mol. The van der Waals surface area contributed by atoms with E-state index in [-0.39, 0.29) is 11.3 Å². The molecule has 0 N–H and O–H groups in total. The Morgan fingerprint density at radius 1 is 1.22 bits per heavy atom. The van der Waals surface area contributed by atoms with Crippen LogP contribution in [0.25, 0.3) is 0 Å². The Labute approximate surface area is 160 Å². The summed E-state index contributed by atoms with van der Waals surface area (Å²) in [4.78, 5) is 24.2. The summed E-state index contributed by atoms with van der Waals surface area (Å²) in [5.74, 6) is 7.36. The molecule has 1 aromatic heterocycles. The summed E-state index contributed by atoms with van der Waals surface area (Å²) in [6.07, 6.45) is 2.44. The highest BCUT2D eigenvalue weighted by molar-refractivity contribution is 5.84. The molecule has 1 saturated carbocycles. The number of rotatable bonds is 5. The number of Topliss-reactive ketones (excluding diaryl/α,β-unsaturated/α-hetero) is 1. The number of ether oxygens (including phenoxy) is 1. The summed E-state index contributed by atoms with van der Waals surface area (Å²) in [5, 5.41) is 0. The second kappa shape index (κ2) is 7.44. The largest absolute Gasteiger partial charge is 0.480 e. The number of aryl methyl sites for hydroxylation is 1. The summed E-state index contributed by atoms with van der Waals surface area (Å²) < 4.78 is 7.41. The third-order valence-corrected chi connectivity index (χ3v) is 4.82. The van der Waals surface area contributed by atoms with Crippen LogP contribution >= 0.6 is 0 Å². The number of aromatic nitrogens is 1. The number of carbonyl (C=O) groups is 1. The molecule has 0 radical (unpaired) electrons. The van der Waals surface area contributed by atoms with Gasteiger partial charge in [-0.3, -0.25) is 9.59 Å². The highest BCUT2D eigenvalue weighted by Gasteiger charge is 2.26. The Morgan fingerprint density at radius 3 is 2.44 bits per heavy atom. The van der Waals surface area contributed by atoms with E-state index in [1.807, 2.05) is 31.2 Å². The summed E-state index contributed by atoms with van der Waals surface area (Å²) in [6.45, 7) is 7.22. The van der Waals surface area contributed by atoms with Gasteiger partial charge in [-0.15, -0.1) is 0 Å². The number of carbonyl (C=O) groups excluding carboxylic acids is 1. The van der Waals surface area contributed by atoms with Crippen molar-refractivity contribution in [1.82, 2.24) is 4.57 Å². The Kier molecular flexibility index (Phi) is 5.23. The fraction of sp³-hybridized carbons (Fsp3) is 0.391. The molecular formula is C23H25NO3. The van der Waals surface area contributed by atoms with Crippen molar-refractivity contribution in [3.05, 3.63) is 63.6 Å². The van der Waals surface area contributed by atoms with Crippen molar-refractivity contribution < 1.29 is 9.53 Å². The molecule has 0 spiro atoms. The van der Waals surface area contributed by atoms with Crippen LogP contribution in [-0.2, 0) is 11.3 Å². The molecule has 0 unspecified atom stereocenters. The smallest absolute Gasteiger partial charge is 0.254 e. The van der Waals surface area contributed by atoms with Crippen LogP contribution in [0.15, 0.2) is 41.2 Å². The van der Waals surface area contributed by atoms with Crippen molar-refractivity contribution >= 4 is 5.78 Å². The van der Waals surface area contributed by atoms with Crippen LogP contribution in [0.2, 0.25) is 0 Å². The van der Waals surface area contributed by atoms with Gasteiger partial charge in [-0.25, -0.2) is 0 Å². The molecule has 1 aromatic carbocycles. The van der Waals surface area contributed by atoms with E-state index in [4.69, 9.17) is 4.74 Å². The molecule has 4 nitrogen and oxygen atoms in total. The first-order chi connectivity index (χ1) is 12.7. The van der Waals surface area contributed by atoms with Gasteiger partial charge >= 0.3 is 0 Å². The topological polar surface area (TPSA) is 48.3 Å². The van der Waals surface area contributed by atoms with Crippen LogP contribution in [0.5, 0.6) is 5.75 Å². The van der Waals surface area contributed by atoms with E-state index in [2.05, 4.69) is 11.8 Å². The van der Waals surface area contributed by atoms with Crippen LogP contribution in [0.1, 0.15) is 50.4 Å². The lowest BCUT2D eigenvalue weighted by atomic mass is 10.1. The molecule has 0 atom stereocenters. The average molecular weight is 363 g/mol. The van der Waals surface area contributed by atoms with Gasteiger partial charge in [0.1, 0.15) is 5.75 Å². The second-order valence-corrected chi connectivity index (χ2v) is 7.67. The molecule has 1 heterocycles. The second-order valence-electron chi connectivity index (χ2n) is 7.67. The van der Waals surface area contributed by atoms with Crippen molar-refractivity contribution in [3.63, 3.8) is 0 Å². The minimum Gasteiger partial charge on any atom is -0.480 e. The van der Waals surface area contributed by atoms with Crippen LogP contribution in [0.3, 0.4) is 0 Å². The van der Waals surface area contributed by atoms with E-state index in [1.165, 1.54) is 25.8 Å². The zero-order valence-corrected chi connectivity index (χ0v) is 16.3. The fourth-order valence-corrected chi connectivity index (χ4v) is 2.62. The summed E-state index contributed by atoms with van der Waals surface area (Å²) in [5.41, 5.74) is 1.72. The van der Waals surface area contributed by atoms with Crippen molar-refractivity contribution in [2.75, 3.05) is 0 Å². The molecule has 2 aromatic rings. The van der Waals surface area contributed by atoms with Gasteiger partial charge in [0, 0.05) is 23.2 Å². The minimum atomic E-state index is -0.956. The molecule has 0 aliphatic heterocycles. The zero-order chi connectivity index (χ0) is 19.6. The van der Waals surface area contributed by atoms with Crippen molar-refractivity contribution in [3.8, 4) is 17.6 Å². The number of nitrogens with zero attached hydrogens (tertiary/aromatic N) is 1. The SMILES string of the molecule is CC(=O)C(C)(C)Oc1cc(C)n(Cc2ccc(C#CC3CC3)cc2)c(=O)c1. The van der Waals surface area contributed by atoms with Gasteiger partial charge in [-0.1, -0.05) is 24.0 Å². The van der Waals surface area contributed by atoms with Gasteiger partial charge in [-0.2, -0.15) is 0 Å². The van der Waals surface area contributed by atoms with Crippen molar-refractivity contribution in [2.45, 2.75) is 52.7 Å². The Morgan fingerprint density at radius 2 is 1.89 bits per heavy atom. The van der Waals surface area contributed by atoms with Gasteiger partial charge in [-0.05, 0) is 64.3 Å². The van der Waals surface area contributed by atoms with Gasteiger partial charge in [0.25, 0.3) is 5.56 Å². The maximum atomic E-state index is 12.5. The lowest BCUT2D eigenvalue weighted by Crippen LogP contribution is -2.37. The third kappa shape index (κ3) is 4.89. The standard InChI is InChI=1S/C23H25NO3/c1-16-13-21(27-23(3,4)17(2)25)14-22(26)24(16)15-20-11-9-19(10-12-20)8-7-18-5-6-18/h9-14,18H,5-6,15H2,1-4H3. The van der Waals surface area contributed by atoms with E-state index in [9.17, 15) is 9.59 Å². The first-order valence-corrected chi connectivity index (χ1v) is 9.26. The molecule has 0 amide bonds. The molecule has 1 aliphatic carbocycles. The Balaban J connectivity index is 1.76. The molecular weight excluding hydrogens is 338 g/mol. The third-order valence-electron chi connectivity index (χ3n) is 4.82. The van der Waals surface area contributed by atoms with Crippen LogP contribution in [0.4, 0.5) is 0 Å². The highest BCUT2D eigenvalue weighted by atomic mass is 16.5. The van der Waals surface area contributed by atoms with Crippen molar-refractivity contribution in [2.24, 2.45) is 5.92 Å². The quantitative estimate of drug-likeness (QED) is 0.761. The van der Waals surface area contributed by atoms with Crippen molar-refractivity contribution in [1.29, 1.82) is 0 Å². The predicted octanol–water partition coefficient (Wildman–Crippen LogP) is 3.71. The summed E-state index contributed by atoms with van der Waals surface area (Å²) in [6, 6.07) is 11.2. The predicted molar refractivity (Wildman–Crippen MR) is 106 cm³/mol. The normalized spacial score (nSPS) is 13.6. The number of hydrogen-bond donors (Lipinski definition) is 0. The van der Waals surface area contributed by atoms with Gasteiger partial charge in [0.15, 0.2) is 11.4 Å². The van der Waals surface area contributed by atoms with Gasteiger partial charge in [0.05, 0.1) is 6.54 Å². The van der Waals surface area contributed by atoms with Crippen LogP contribution in [-0.4, -0.2) is 16.0 Å². The van der Waals surface area contributed by atoms with E-state index < -0.39 is 5.60 Å². The first-order valence-electron chi connectivity index (χ1n) is 9.26. The summed E-state index contributed by atoms with van der Waals surface area (Å²) in [7, 11) is 0. The molecule has 3 rings (SSSR count). The summed E-state index contributed by atoms with van der Waals surface area (Å²) >= 11 is 0. The molecule has 27 heavy (non-hydrogen) atoms. The molecule has 4 heteroatoms. The maximum absolute atomic E-state index is 12.5. The number of benzene rings is 1. The van der Waals surface area contributed by atoms with E-state index >= 15 is 0 Å².